The van der Waals surface area contributed by atoms with Gasteiger partial charge in [-0.15, -0.1) is 11.8 Å². The smallest absolute Gasteiger partial charge is 0.0108 e. The Morgan fingerprint density at radius 1 is 1.40 bits per heavy atom. The van der Waals surface area contributed by atoms with Gasteiger partial charge < -0.3 is 0 Å². The van der Waals surface area contributed by atoms with E-state index in [2.05, 4.69) is 49.9 Å². The zero-order valence-electron chi connectivity index (χ0n) is 9.40. The molecule has 0 bridgehead atoms. The molecule has 0 saturated heterocycles. The zero-order valence-corrected chi connectivity index (χ0v) is 11.0. The molecule has 0 aromatic heterocycles. The number of benzene rings is 1. The Labute approximate surface area is 101 Å². The molecule has 0 spiro atoms. The molecule has 0 radical (unpaired) electrons. The number of fused-ring (bicyclic) bond motifs is 1. The van der Waals surface area contributed by atoms with Gasteiger partial charge in [0.2, 0.25) is 0 Å². The van der Waals surface area contributed by atoms with Gasteiger partial charge in [-0.25, -0.2) is 0 Å². The van der Waals surface area contributed by atoms with E-state index in [0.29, 0.717) is 0 Å². The monoisotopic (exact) mass is 238 g/mol. The van der Waals surface area contributed by atoms with Gasteiger partial charge in [0.25, 0.3) is 0 Å². The van der Waals surface area contributed by atoms with Crippen molar-refractivity contribution in [3.8, 4) is 0 Å². The lowest BCUT2D eigenvalue weighted by molar-refractivity contribution is 0.748. The fourth-order valence-corrected chi connectivity index (χ4v) is 4.41. The maximum absolute atomic E-state index is 2.30. The highest BCUT2D eigenvalue weighted by Crippen LogP contribution is 2.40. The second-order valence-corrected chi connectivity index (χ2v) is 6.61. The summed E-state index contributed by atoms with van der Waals surface area (Å²) in [7, 11) is 0. The van der Waals surface area contributed by atoms with Gasteiger partial charge in [0.1, 0.15) is 0 Å². The van der Waals surface area contributed by atoms with Gasteiger partial charge in [0.15, 0.2) is 0 Å². The van der Waals surface area contributed by atoms with E-state index in [1.54, 1.807) is 5.56 Å². The van der Waals surface area contributed by atoms with Crippen molar-refractivity contribution < 1.29 is 0 Å². The summed E-state index contributed by atoms with van der Waals surface area (Å²) in [5.41, 5.74) is 1.58. The van der Waals surface area contributed by atoms with Gasteiger partial charge in [-0.05, 0) is 23.3 Å². The summed E-state index contributed by atoms with van der Waals surface area (Å²) >= 11 is 4.13. The highest BCUT2D eigenvalue weighted by Gasteiger charge is 2.22. The molecule has 1 aliphatic heterocycles. The predicted octanol–water partition coefficient (Wildman–Crippen LogP) is 4.27. The standard InChI is InChI=1S/C13H18S2/c1-10(2)7-14-8-11-9-15-13-6-4-3-5-12(11)13/h3-6,10-11H,7-9H2,1-2H3. The summed E-state index contributed by atoms with van der Waals surface area (Å²) in [4.78, 5) is 1.51. The molecule has 82 valence electrons. The Kier molecular flexibility index (Phi) is 4.04. The van der Waals surface area contributed by atoms with Crippen LogP contribution in [0, 0.1) is 5.92 Å². The van der Waals surface area contributed by atoms with Crippen LogP contribution in [0.2, 0.25) is 0 Å². The van der Waals surface area contributed by atoms with Crippen LogP contribution in [0.25, 0.3) is 0 Å². The average Bonchev–Trinajstić information content (AvgIpc) is 2.62. The predicted molar refractivity (Wildman–Crippen MR) is 72.1 cm³/mol. The van der Waals surface area contributed by atoms with Crippen molar-refractivity contribution in [3.63, 3.8) is 0 Å². The molecular formula is C13H18S2. The van der Waals surface area contributed by atoms with Crippen molar-refractivity contribution in [2.75, 3.05) is 17.3 Å². The number of hydrogen-bond acceptors (Lipinski definition) is 2. The quantitative estimate of drug-likeness (QED) is 0.768. The van der Waals surface area contributed by atoms with E-state index in [-0.39, 0.29) is 0 Å². The van der Waals surface area contributed by atoms with Crippen molar-refractivity contribution in [2.45, 2.75) is 24.7 Å². The molecule has 1 atom stereocenters. The van der Waals surface area contributed by atoms with Crippen LogP contribution in [0.5, 0.6) is 0 Å². The van der Waals surface area contributed by atoms with Gasteiger partial charge in [-0.1, -0.05) is 32.0 Å². The van der Waals surface area contributed by atoms with E-state index in [0.717, 1.165) is 11.8 Å². The van der Waals surface area contributed by atoms with Gasteiger partial charge in [0, 0.05) is 22.3 Å². The van der Waals surface area contributed by atoms with Crippen LogP contribution in [-0.4, -0.2) is 17.3 Å². The van der Waals surface area contributed by atoms with Crippen molar-refractivity contribution in [1.29, 1.82) is 0 Å². The van der Waals surface area contributed by atoms with E-state index in [1.807, 2.05) is 11.8 Å². The second-order valence-electron chi connectivity index (χ2n) is 4.48. The molecule has 0 aliphatic carbocycles. The molecule has 1 aromatic carbocycles. The Hall–Kier alpha value is -0.0800. The Morgan fingerprint density at radius 2 is 2.20 bits per heavy atom. The van der Waals surface area contributed by atoms with E-state index in [1.165, 1.54) is 22.2 Å². The number of hydrogen-bond donors (Lipinski definition) is 0. The molecule has 15 heavy (non-hydrogen) atoms. The molecule has 2 rings (SSSR count). The third-order valence-electron chi connectivity index (χ3n) is 2.57. The van der Waals surface area contributed by atoms with Gasteiger partial charge in [0.05, 0.1) is 0 Å². The second kappa shape index (κ2) is 5.31. The van der Waals surface area contributed by atoms with Crippen LogP contribution in [-0.2, 0) is 0 Å². The van der Waals surface area contributed by atoms with Crippen LogP contribution < -0.4 is 0 Å². The summed E-state index contributed by atoms with van der Waals surface area (Å²) in [5.74, 6) is 5.48. The van der Waals surface area contributed by atoms with Crippen molar-refractivity contribution >= 4 is 23.5 Å². The number of thioether (sulfide) groups is 2. The molecule has 2 heteroatoms. The molecule has 1 heterocycles. The first-order chi connectivity index (χ1) is 7.27. The lowest BCUT2D eigenvalue weighted by Gasteiger charge is -2.11. The van der Waals surface area contributed by atoms with Crippen LogP contribution in [0.1, 0.15) is 25.3 Å². The minimum absolute atomic E-state index is 0.787. The van der Waals surface area contributed by atoms with E-state index in [4.69, 9.17) is 0 Å². The molecule has 1 aromatic rings. The molecule has 1 unspecified atom stereocenters. The van der Waals surface area contributed by atoms with Crippen LogP contribution in [0.4, 0.5) is 0 Å². The molecule has 0 amide bonds. The molecule has 0 saturated carbocycles. The topological polar surface area (TPSA) is 0 Å². The SMILES string of the molecule is CC(C)CSCC1CSc2ccccc21. The third-order valence-corrected chi connectivity index (χ3v) is 5.36. The van der Waals surface area contributed by atoms with Gasteiger partial charge >= 0.3 is 0 Å². The normalized spacial score (nSPS) is 19.5. The molecule has 0 fully saturated rings. The van der Waals surface area contributed by atoms with Crippen LogP contribution in [0.3, 0.4) is 0 Å². The van der Waals surface area contributed by atoms with E-state index < -0.39 is 0 Å². The zero-order chi connectivity index (χ0) is 10.7. The Balaban J connectivity index is 1.90. The minimum Gasteiger partial charge on any atom is -0.161 e. The van der Waals surface area contributed by atoms with Crippen molar-refractivity contribution in [3.05, 3.63) is 29.8 Å². The molecular weight excluding hydrogens is 220 g/mol. The largest absolute Gasteiger partial charge is 0.161 e. The highest BCUT2D eigenvalue weighted by molar-refractivity contribution is 8.00. The number of rotatable bonds is 4. The van der Waals surface area contributed by atoms with Crippen LogP contribution in [0.15, 0.2) is 29.2 Å². The third kappa shape index (κ3) is 2.94. The lowest BCUT2D eigenvalue weighted by atomic mass is 10.0. The maximum Gasteiger partial charge on any atom is 0.0108 e. The van der Waals surface area contributed by atoms with Crippen molar-refractivity contribution in [2.24, 2.45) is 5.92 Å². The highest BCUT2D eigenvalue weighted by atomic mass is 32.2. The maximum atomic E-state index is 2.30. The van der Waals surface area contributed by atoms with Crippen molar-refractivity contribution in [1.82, 2.24) is 0 Å². The summed E-state index contributed by atoms with van der Waals surface area (Å²) in [5, 5.41) is 0. The Morgan fingerprint density at radius 3 is 3.00 bits per heavy atom. The fraction of sp³-hybridized carbons (Fsp3) is 0.538. The summed E-state index contributed by atoms with van der Waals surface area (Å²) in [6.45, 7) is 4.59. The minimum atomic E-state index is 0.787. The van der Waals surface area contributed by atoms with E-state index >= 15 is 0 Å². The molecule has 0 N–H and O–H groups in total. The first-order valence-corrected chi connectivity index (χ1v) is 7.71. The fourth-order valence-electron chi connectivity index (χ4n) is 1.81. The first-order valence-electron chi connectivity index (χ1n) is 5.57. The van der Waals surface area contributed by atoms with Crippen LogP contribution >= 0.6 is 23.5 Å². The first kappa shape index (κ1) is 11.4. The molecule has 0 nitrogen and oxygen atoms in total. The lowest BCUT2D eigenvalue weighted by Crippen LogP contribution is -2.02. The summed E-state index contributed by atoms with van der Waals surface area (Å²) in [6, 6.07) is 8.88. The van der Waals surface area contributed by atoms with E-state index in [9.17, 15) is 0 Å². The Bertz CT molecular complexity index is 320. The summed E-state index contributed by atoms with van der Waals surface area (Å²) < 4.78 is 0. The van der Waals surface area contributed by atoms with Gasteiger partial charge in [-0.3, -0.25) is 0 Å². The summed E-state index contributed by atoms with van der Waals surface area (Å²) in [6.07, 6.45) is 0. The molecule has 1 aliphatic rings. The van der Waals surface area contributed by atoms with Gasteiger partial charge in [-0.2, -0.15) is 11.8 Å². The average molecular weight is 238 g/mol.